The van der Waals surface area contributed by atoms with E-state index in [1.165, 1.54) is 0 Å². The van der Waals surface area contributed by atoms with Crippen LogP contribution in [0.4, 0.5) is 4.79 Å². The maximum Gasteiger partial charge on any atom is 0.421 e. The summed E-state index contributed by atoms with van der Waals surface area (Å²) in [7, 11) is 3.47. The topological polar surface area (TPSA) is 86.9 Å². The van der Waals surface area contributed by atoms with Crippen molar-refractivity contribution in [2.45, 2.75) is 31.7 Å². The minimum absolute atomic E-state index is 0.0217. The van der Waals surface area contributed by atoms with Crippen LogP contribution >= 0.6 is 0 Å². The number of carbonyl (C=O) groups excluding carboxylic acids is 1. The summed E-state index contributed by atoms with van der Waals surface area (Å²) < 4.78 is 0. The molecule has 92 valence electrons. The first-order valence-corrected chi connectivity index (χ1v) is 5.41. The lowest BCUT2D eigenvalue weighted by atomic mass is 9.85. The molecule has 3 N–H and O–H groups in total. The maximum absolute atomic E-state index is 11.7. The van der Waals surface area contributed by atoms with E-state index in [-0.39, 0.29) is 17.9 Å². The Morgan fingerprint density at radius 3 is 2.06 bits per heavy atom. The van der Waals surface area contributed by atoms with E-state index >= 15 is 0 Å². The van der Waals surface area contributed by atoms with Crippen LogP contribution in [-0.4, -0.2) is 47.2 Å². The lowest BCUT2D eigenvalue weighted by Crippen LogP contribution is -2.47. The van der Waals surface area contributed by atoms with Gasteiger partial charge in [-0.05, 0) is 25.7 Å². The number of hydrogen-bond acceptors (Lipinski definition) is 3. The molecule has 0 radical (unpaired) electrons. The van der Waals surface area contributed by atoms with Gasteiger partial charge >= 0.3 is 6.09 Å². The molecule has 2 amide bonds. The van der Waals surface area contributed by atoms with Gasteiger partial charge in [-0.15, -0.1) is 0 Å². The Hall–Kier alpha value is -1.30. The van der Waals surface area contributed by atoms with Gasteiger partial charge in [0.1, 0.15) is 0 Å². The molecule has 0 unspecified atom stereocenters. The highest BCUT2D eigenvalue weighted by molar-refractivity contribution is 5.78. The van der Waals surface area contributed by atoms with Gasteiger partial charge in [0.2, 0.25) is 5.91 Å². The molecule has 0 heterocycles. The smallest absolute Gasteiger partial charge is 0.421 e. The fraction of sp³-hybridized carbons (Fsp3) is 0.800. The Bertz CT molecular complexity index is 272. The highest BCUT2D eigenvalue weighted by atomic mass is 16.4. The van der Waals surface area contributed by atoms with Crippen molar-refractivity contribution >= 4 is 12.0 Å². The van der Waals surface area contributed by atoms with E-state index in [0.717, 1.165) is 5.01 Å². The van der Waals surface area contributed by atoms with E-state index in [4.69, 9.17) is 10.9 Å². The highest BCUT2D eigenvalue weighted by Gasteiger charge is 2.30. The largest absolute Gasteiger partial charge is 0.464 e. The first-order valence-electron chi connectivity index (χ1n) is 5.41. The van der Waals surface area contributed by atoms with Gasteiger partial charge < -0.3 is 10.0 Å². The third-order valence-electron chi connectivity index (χ3n) is 3.10. The monoisotopic (exact) mass is 229 g/mol. The van der Waals surface area contributed by atoms with Gasteiger partial charge in [-0.1, -0.05) is 0 Å². The number of carboxylic acid groups (broad SMARTS) is 1. The Kier molecular flexibility index (Phi) is 4.12. The maximum atomic E-state index is 11.7. The van der Waals surface area contributed by atoms with Crippen LogP contribution in [-0.2, 0) is 4.79 Å². The minimum atomic E-state index is -1.11. The fourth-order valence-electron chi connectivity index (χ4n) is 2.12. The summed E-state index contributed by atoms with van der Waals surface area (Å²) in [5.41, 5.74) is 0. The average Bonchev–Trinajstić information content (AvgIpc) is 2.27. The van der Waals surface area contributed by atoms with Crippen molar-refractivity contribution < 1.29 is 14.7 Å². The van der Waals surface area contributed by atoms with E-state index in [1.54, 1.807) is 19.0 Å². The summed E-state index contributed by atoms with van der Waals surface area (Å²) >= 11 is 0. The van der Waals surface area contributed by atoms with Crippen LogP contribution in [0.2, 0.25) is 0 Å². The van der Waals surface area contributed by atoms with Gasteiger partial charge in [0.25, 0.3) is 0 Å². The van der Waals surface area contributed by atoms with Crippen LogP contribution in [0.25, 0.3) is 0 Å². The zero-order valence-corrected chi connectivity index (χ0v) is 9.72. The molecule has 0 aliphatic heterocycles. The van der Waals surface area contributed by atoms with E-state index in [9.17, 15) is 9.59 Å². The van der Waals surface area contributed by atoms with Gasteiger partial charge in [-0.3, -0.25) is 4.79 Å². The minimum Gasteiger partial charge on any atom is -0.464 e. The number of amides is 2. The Balaban J connectivity index is 2.45. The quantitative estimate of drug-likeness (QED) is 0.410. The predicted octanol–water partition coefficient (Wildman–Crippen LogP) is 0.487. The molecular formula is C10H19N3O3. The molecule has 1 fully saturated rings. The number of hydrogen-bond donors (Lipinski definition) is 2. The number of carbonyl (C=O) groups is 2. The van der Waals surface area contributed by atoms with Crippen molar-refractivity contribution in [2.75, 3.05) is 14.1 Å². The summed E-state index contributed by atoms with van der Waals surface area (Å²) in [6.07, 6.45) is 1.63. The van der Waals surface area contributed by atoms with Crippen molar-refractivity contribution in [3.05, 3.63) is 0 Å². The highest BCUT2D eigenvalue weighted by Crippen LogP contribution is 2.27. The van der Waals surface area contributed by atoms with Crippen LogP contribution in [0.3, 0.4) is 0 Å². The van der Waals surface area contributed by atoms with E-state index in [0.29, 0.717) is 25.7 Å². The van der Waals surface area contributed by atoms with Crippen LogP contribution in [0, 0.1) is 5.92 Å². The molecule has 0 aromatic carbocycles. The van der Waals surface area contributed by atoms with Crippen molar-refractivity contribution in [1.82, 2.24) is 9.91 Å². The Morgan fingerprint density at radius 1 is 1.19 bits per heavy atom. The van der Waals surface area contributed by atoms with Crippen molar-refractivity contribution in [2.24, 2.45) is 11.8 Å². The van der Waals surface area contributed by atoms with Crippen molar-refractivity contribution in [3.63, 3.8) is 0 Å². The van der Waals surface area contributed by atoms with Gasteiger partial charge in [-0.2, -0.15) is 0 Å². The predicted molar refractivity (Wildman–Crippen MR) is 58.5 cm³/mol. The molecule has 0 bridgehead atoms. The third kappa shape index (κ3) is 2.85. The summed E-state index contributed by atoms with van der Waals surface area (Å²) in [4.78, 5) is 23.9. The molecule has 0 saturated heterocycles. The molecular weight excluding hydrogens is 210 g/mol. The second kappa shape index (κ2) is 5.16. The molecule has 1 rings (SSSR count). The number of rotatable bonds is 2. The lowest BCUT2D eigenvalue weighted by molar-refractivity contribution is -0.134. The third-order valence-corrected chi connectivity index (χ3v) is 3.10. The second-order valence-electron chi connectivity index (χ2n) is 4.43. The molecule has 0 atom stereocenters. The van der Waals surface area contributed by atoms with Crippen LogP contribution in [0.15, 0.2) is 0 Å². The summed E-state index contributed by atoms with van der Waals surface area (Å²) in [5.74, 6) is 5.56. The van der Waals surface area contributed by atoms with Crippen LogP contribution in [0.1, 0.15) is 25.7 Å². The normalized spacial score (nSPS) is 24.9. The number of nitrogens with zero attached hydrogens (tertiary/aromatic N) is 2. The molecule has 16 heavy (non-hydrogen) atoms. The van der Waals surface area contributed by atoms with Gasteiger partial charge in [0.15, 0.2) is 0 Å². The summed E-state index contributed by atoms with van der Waals surface area (Å²) in [6.45, 7) is 0. The molecule has 6 heteroatoms. The molecule has 1 saturated carbocycles. The average molecular weight is 229 g/mol. The van der Waals surface area contributed by atoms with Crippen molar-refractivity contribution in [1.29, 1.82) is 0 Å². The van der Waals surface area contributed by atoms with Gasteiger partial charge in [0, 0.05) is 20.0 Å². The van der Waals surface area contributed by atoms with Crippen LogP contribution in [0.5, 0.6) is 0 Å². The molecule has 0 aromatic rings. The lowest BCUT2D eigenvalue weighted by Gasteiger charge is -2.32. The first kappa shape index (κ1) is 12.8. The summed E-state index contributed by atoms with van der Waals surface area (Å²) in [6, 6.07) is -0.149. The van der Waals surface area contributed by atoms with Gasteiger partial charge in [0.05, 0.1) is 6.04 Å². The number of hydrazine groups is 1. The molecule has 1 aliphatic rings. The molecule has 1 aliphatic carbocycles. The fourth-order valence-corrected chi connectivity index (χ4v) is 2.12. The van der Waals surface area contributed by atoms with Crippen molar-refractivity contribution in [3.8, 4) is 0 Å². The zero-order valence-electron chi connectivity index (χ0n) is 9.72. The van der Waals surface area contributed by atoms with E-state index < -0.39 is 6.09 Å². The standard InChI is InChI=1S/C10H19N3O3/c1-12(2)9(14)7-3-5-8(6-4-7)13(11)10(15)16/h7-8H,3-6,11H2,1-2H3,(H,15,16). The summed E-state index contributed by atoms with van der Waals surface area (Å²) in [5, 5.41) is 9.58. The van der Waals surface area contributed by atoms with Crippen LogP contribution < -0.4 is 5.84 Å². The van der Waals surface area contributed by atoms with E-state index in [1.807, 2.05) is 0 Å². The van der Waals surface area contributed by atoms with E-state index in [2.05, 4.69) is 0 Å². The Labute approximate surface area is 95.0 Å². The number of nitrogens with two attached hydrogens (primary N) is 1. The molecule has 0 aromatic heterocycles. The Morgan fingerprint density at radius 2 is 1.69 bits per heavy atom. The second-order valence-corrected chi connectivity index (χ2v) is 4.43. The zero-order chi connectivity index (χ0) is 12.3. The van der Waals surface area contributed by atoms with Gasteiger partial charge in [-0.25, -0.2) is 15.6 Å². The SMILES string of the molecule is CN(C)C(=O)C1CCC(N(N)C(=O)O)CC1. The first-order chi connectivity index (χ1) is 7.43. The molecule has 6 nitrogen and oxygen atoms in total. The molecule has 0 spiro atoms.